The highest BCUT2D eigenvalue weighted by atomic mass is 15.3. The Bertz CT molecular complexity index is 617. The SMILES string of the molecule is CC1=NC=C(c2nc(N3CCCCC3)nc(N3CCCCC3)n2)C1. The van der Waals surface area contributed by atoms with E-state index in [-0.39, 0.29) is 0 Å². The second-order valence-corrected chi connectivity index (χ2v) is 7.05. The van der Waals surface area contributed by atoms with E-state index in [1.54, 1.807) is 0 Å². The summed E-state index contributed by atoms with van der Waals surface area (Å²) in [6.07, 6.45) is 10.3. The lowest BCUT2D eigenvalue weighted by Crippen LogP contribution is -2.34. The van der Waals surface area contributed by atoms with Gasteiger partial charge in [-0.1, -0.05) is 0 Å². The Morgan fingerprint density at radius 1 is 0.750 bits per heavy atom. The van der Waals surface area contributed by atoms with Gasteiger partial charge in [-0.05, 0) is 45.4 Å². The molecule has 0 saturated carbocycles. The third-order valence-electron chi connectivity index (χ3n) is 5.06. The first-order valence-corrected chi connectivity index (χ1v) is 9.28. The predicted molar refractivity (Wildman–Crippen MR) is 97.7 cm³/mol. The molecule has 0 bridgehead atoms. The number of nitrogens with zero attached hydrogens (tertiary/aromatic N) is 6. The monoisotopic (exact) mass is 326 g/mol. The molecule has 4 heterocycles. The molecule has 0 amide bonds. The van der Waals surface area contributed by atoms with Crippen LogP contribution in [0.3, 0.4) is 0 Å². The first kappa shape index (κ1) is 15.5. The highest BCUT2D eigenvalue weighted by Gasteiger charge is 2.22. The molecule has 0 atom stereocenters. The van der Waals surface area contributed by atoms with Gasteiger partial charge in [0.05, 0.1) is 0 Å². The van der Waals surface area contributed by atoms with Crippen molar-refractivity contribution in [1.82, 2.24) is 15.0 Å². The third-order valence-corrected chi connectivity index (χ3v) is 5.06. The smallest absolute Gasteiger partial charge is 0.230 e. The molecule has 0 aromatic carbocycles. The second kappa shape index (κ2) is 6.87. The van der Waals surface area contributed by atoms with E-state index in [4.69, 9.17) is 15.0 Å². The van der Waals surface area contributed by atoms with E-state index < -0.39 is 0 Å². The van der Waals surface area contributed by atoms with Crippen molar-refractivity contribution in [2.75, 3.05) is 36.0 Å². The summed E-state index contributed by atoms with van der Waals surface area (Å²) >= 11 is 0. The van der Waals surface area contributed by atoms with Gasteiger partial charge in [0, 0.05) is 50.1 Å². The molecular formula is C18H26N6. The molecule has 3 aliphatic heterocycles. The van der Waals surface area contributed by atoms with Crippen LogP contribution < -0.4 is 9.80 Å². The van der Waals surface area contributed by atoms with Gasteiger partial charge in [-0.25, -0.2) is 0 Å². The zero-order valence-electron chi connectivity index (χ0n) is 14.5. The quantitative estimate of drug-likeness (QED) is 0.854. The normalized spacial score (nSPS) is 21.7. The Morgan fingerprint density at radius 3 is 1.75 bits per heavy atom. The van der Waals surface area contributed by atoms with Gasteiger partial charge in [0.1, 0.15) is 0 Å². The maximum atomic E-state index is 4.84. The van der Waals surface area contributed by atoms with Gasteiger partial charge in [-0.3, -0.25) is 4.99 Å². The number of hydrogen-bond acceptors (Lipinski definition) is 6. The van der Waals surface area contributed by atoms with Crippen LogP contribution in [0.2, 0.25) is 0 Å². The molecule has 0 spiro atoms. The largest absolute Gasteiger partial charge is 0.341 e. The lowest BCUT2D eigenvalue weighted by atomic mass is 10.1. The van der Waals surface area contributed by atoms with E-state index in [9.17, 15) is 0 Å². The van der Waals surface area contributed by atoms with Gasteiger partial charge >= 0.3 is 0 Å². The Balaban J connectivity index is 1.67. The van der Waals surface area contributed by atoms with Crippen molar-refractivity contribution in [2.45, 2.75) is 51.9 Å². The number of piperidine rings is 2. The van der Waals surface area contributed by atoms with E-state index in [2.05, 4.69) is 21.7 Å². The second-order valence-electron chi connectivity index (χ2n) is 7.05. The number of anilines is 2. The van der Waals surface area contributed by atoms with E-state index in [0.717, 1.165) is 61.6 Å². The zero-order chi connectivity index (χ0) is 16.4. The van der Waals surface area contributed by atoms with E-state index >= 15 is 0 Å². The van der Waals surface area contributed by atoms with Gasteiger partial charge in [-0.15, -0.1) is 0 Å². The number of aromatic nitrogens is 3. The Labute approximate surface area is 143 Å². The number of allylic oxidation sites excluding steroid dienone is 1. The first-order valence-electron chi connectivity index (χ1n) is 9.28. The zero-order valence-corrected chi connectivity index (χ0v) is 14.5. The Morgan fingerprint density at radius 2 is 1.29 bits per heavy atom. The van der Waals surface area contributed by atoms with Crippen molar-refractivity contribution < 1.29 is 0 Å². The molecule has 4 rings (SSSR count). The van der Waals surface area contributed by atoms with Gasteiger partial charge in [0.15, 0.2) is 5.82 Å². The van der Waals surface area contributed by atoms with E-state index in [1.807, 2.05) is 6.20 Å². The van der Waals surface area contributed by atoms with Crippen LogP contribution in [-0.2, 0) is 0 Å². The highest BCUT2D eigenvalue weighted by molar-refractivity contribution is 5.95. The molecule has 24 heavy (non-hydrogen) atoms. The summed E-state index contributed by atoms with van der Waals surface area (Å²) in [7, 11) is 0. The Kier molecular flexibility index (Phi) is 4.45. The fraction of sp³-hybridized carbons (Fsp3) is 0.667. The standard InChI is InChI=1S/C18H26N6/c1-14-12-15(13-19-14)16-20-17(23-8-4-2-5-9-23)22-18(21-16)24-10-6-3-7-11-24/h13H,2-12H2,1H3. The average molecular weight is 326 g/mol. The van der Waals surface area contributed by atoms with Crippen LogP contribution in [0.1, 0.15) is 57.7 Å². The van der Waals surface area contributed by atoms with Crippen molar-refractivity contribution in [2.24, 2.45) is 4.99 Å². The Hall–Kier alpha value is -1.98. The van der Waals surface area contributed by atoms with Crippen molar-refractivity contribution in [1.29, 1.82) is 0 Å². The molecule has 0 radical (unpaired) electrons. The molecule has 2 fully saturated rings. The minimum atomic E-state index is 0.812. The van der Waals surface area contributed by atoms with Crippen LogP contribution in [0.15, 0.2) is 11.2 Å². The molecule has 2 saturated heterocycles. The molecule has 128 valence electrons. The van der Waals surface area contributed by atoms with E-state index in [1.165, 1.54) is 38.5 Å². The minimum Gasteiger partial charge on any atom is -0.341 e. The van der Waals surface area contributed by atoms with Gasteiger partial charge in [0.25, 0.3) is 0 Å². The van der Waals surface area contributed by atoms with Crippen LogP contribution in [0.4, 0.5) is 11.9 Å². The van der Waals surface area contributed by atoms with Crippen LogP contribution >= 0.6 is 0 Å². The van der Waals surface area contributed by atoms with Gasteiger partial charge in [0.2, 0.25) is 11.9 Å². The molecule has 1 aromatic rings. The average Bonchev–Trinajstić information content (AvgIpc) is 3.09. The van der Waals surface area contributed by atoms with Gasteiger partial charge < -0.3 is 9.80 Å². The lowest BCUT2D eigenvalue weighted by molar-refractivity contribution is 0.555. The maximum absolute atomic E-state index is 4.84. The predicted octanol–water partition coefficient (Wildman–Crippen LogP) is 3.06. The summed E-state index contributed by atoms with van der Waals surface area (Å²) in [5, 5.41) is 0. The summed E-state index contributed by atoms with van der Waals surface area (Å²) in [5.74, 6) is 2.52. The topological polar surface area (TPSA) is 57.5 Å². The van der Waals surface area contributed by atoms with Gasteiger partial charge in [-0.2, -0.15) is 15.0 Å². The van der Waals surface area contributed by atoms with Crippen LogP contribution in [-0.4, -0.2) is 46.8 Å². The third kappa shape index (κ3) is 3.28. The fourth-order valence-corrected chi connectivity index (χ4v) is 3.66. The maximum Gasteiger partial charge on any atom is 0.230 e. The molecule has 1 aromatic heterocycles. The molecule has 6 heteroatoms. The molecule has 0 N–H and O–H groups in total. The molecule has 0 aliphatic carbocycles. The number of rotatable bonds is 3. The minimum absolute atomic E-state index is 0.812. The lowest BCUT2D eigenvalue weighted by Gasteiger charge is -2.30. The summed E-state index contributed by atoms with van der Waals surface area (Å²) < 4.78 is 0. The van der Waals surface area contributed by atoms with Crippen molar-refractivity contribution in [3.8, 4) is 0 Å². The van der Waals surface area contributed by atoms with Crippen molar-refractivity contribution >= 4 is 23.2 Å². The summed E-state index contributed by atoms with van der Waals surface area (Å²) in [6, 6.07) is 0. The fourth-order valence-electron chi connectivity index (χ4n) is 3.66. The van der Waals surface area contributed by atoms with E-state index in [0.29, 0.717) is 0 Å². The molecule has 6 nitrogen and oxygen atoms in total. The summed E-state index contributed by atoms with van der Waals surface area (Å²) in [4.78, 5) is 23.5. The number of aliphatic imine (C=N–C) groups is 1. The van der Waals surface area contributed by atoms with Crippen LogP contribution in [0.5, 0.6) is 0 Å². The first-order chi connectivity index (χ1) is 11.8. The molecule has 3 aliphatic rings. The van der Waals surface area contributed by atoms with Crippen LogP contribution in [0, 0.1) is 0 Å². The summed E-state index contributed by atoms with van der Waals surface area (Å²) in [6.45, 7) is 6.27. The molecule has 0 unspecified atom stereocenters. The summed E-state index contributed by atoms with van der Waals surface area (Å²) in [5.41, 5.74) is 2.25. The van der Waals surface area contributed by atoms with Crippen LogP contribution in [0.25, 0.3) is 5.57 Å². The number of hydrogen-bond donors (Lipinski definition) is 0. The highest BCUT2D eigenvalue weighted by Crippen LogP contribution is 2.26. The van der Waals surface area contributed by atoms with Crippen molar-refractivity contribution in [3.63, 3.8) is 0 Å². The van der Waals surface area contributed by atoms with Crippen molar-refractivity contribution in [3.05, 3.63) is 12.0 Å². The molecular weight excluding hydrogens is 300 g/mol.